The van der Waals surface area contributed by atoms with Crippen LogP contribution in [0.15, 0.2) is 53.2 Å². The second kappa shape index (κ2) is 7.33. The largest absolute Gasteiger partial charge is 1.00 e. The summed E-state index contributed by atoms with van der Waals surface area (Å²) < 4.78 is 25.5. The summed E-state index contributed by atoms with van der Waals surface area (Å²) in [7, 11) is -3.80. The second-order valence-corrected chi connectivity index (χ2v) is 8.79. The van der Waals surface area contributed by atoms with Crippen LogP contribution in [0.1, 0.15) is 10.6 Å². The summed E-state index contributed by atoms with van der Waals surface area (Å²) in [6.45, 7) is 0. The van der Waals surface area contributed by atoms with Gasteiger partial charge in [0.15, 0.2) is 15.2 Å². The van der Waals surface area contributed by atoms with Gasteiger partial charge >= 0.3 is 29.6 Å². The molecular weight excluding hydrogens is 399 g/mol. The third kappa shape index (κ3) is 3.30. The van der Waals surface area contributed by atoms with Crippen molar-refractivity contribution in [2.24, 2.45) is 0 Å². The Hall–Kier alpha value is -1.78. The van der Waals surface area contributed by atoms with Gasteiger partial charge in [0.25, 0.3) is 5.91 Å². The van der Waals surface area contributed by atoms with E-state index in [4.69, 9.17) is 0 Å². The topological polar surface area (TPSA) is 107 Å². The van der Waals surface area contributed by atoms with Gasteiger partial charge in [0, 0.05) is 16.6 Å². The Balaban J connectivity index is 0.00000210. The number of carboxylic acids is 1. The van der Waals surface area contributed by atoms with E-state index in [1.165, 1.54) is 23.6 Å². The van der Waals surface area contributed by atoms with E-state index in [9.17, 15) is 23.1 Å². The van der Waals surface area contributed by atoms with Crippen LogP contribution < -0.4 is 34.7 Å². The SMILES string of the molecule is O=C([O-])C1=C(c2cccs2)CS(=O)(=O)[C@H]2C(=Cc3ccccn3)C(=O)N12.[Na+]. The molecule has 0 spiro atoms. The van der Waals surface area contributed by atoms with Crippen LogP contribution in [0.4, 0.5) is 0 Å². The molecule has 0 aliphatic carbocycles. The van der Waals surface area contributed by atoms with Gasteiger partial charge in [0.2, 0.25) is 0 Å². The van der Waals surface area contributed by atoms with Crippen LogP contribution in [0.5, 0.6) is 0 Å². The van der Waals surface area contributed by atoms with E-state index in [-0.39, 0.29) is 46.4 Å². The minimum absolute atomic E-state index is 0. The van der Waals surface area contributed by atoms with Crippen LogP contribution in [0.3, 0.4) is 0 Å². The van der Waals surface area contributed by atoms with Gasteiger partial charge in [-0.2, -0.15) is 0 Å². The van der Waals surface area contributed by atoms with Crippen molar-refractivity contribution in [3.63, 3.8) is 0 Å². The number of carboxylic acid groups (broad SMARTS) is 1. The molecule has 7 nitrogen and oxygen atoms in total. The number of amides is 1. The Labute approximate surface area is 181 Å². The van der Waals surface area contributed by atoms with Gasteiger partial charge in [-0.3, -0.25) is 14.7 Å². The maximum Gasteiger partial charge on any atom is 1.00 e. The number of fused-ring (bicyclic) bond motifs is 1. The predicted molar refractivity (Wildman–Crippen MR) is 92.9 cm³/mol. The number of pyridine rings is 1. The van der Waals surface area contributed by atoms with Crippen molar-refractivity contribution in [1.29, 1.82) is 0 Å². The fraction of sp³-hybridized carbons (Fsp3) is 0.118. The molecule has 0 saturated carbocycles. The summed E-state index contributed by atoms with van der Waals surface area (Å²) >= 11 is 1.21. The average Bonchev–Trinajstić information content (AvgIpc) is 3.13. The van der Waals surface area contributed by atoms with Gasteiger partial charge in [-0.15, -0.1) is 11.3 Å². The zero-order valence-electron chi connectivity index (χ0n) is 14.2. The Morgan fingerprint density at radius 2 is 2.07 bits per heavy atom. The molecule has 0 bridgehead atoms. The monoisotopic (exact) mass is 410 g/mol. The molecule has 10 heteroatoms. The number of nitrogens with zero attached hydrogens (tertiary/aromatic N) is 2. The molecule has 2 aliphatic rings. The first-order valence-electron chi connectivity index (χ1n) is 7.56. The Morgan fingerprint density at radius 1 is 1.30 bits per heavy atom. The van der Waals surface area contributed by atoms with Crippen molar-refractivity contribution >= 4 is 44.7 Å². The number of thiophene rings is 1. The van der Waals surface area contributed by atoms with Crippen molar-refractivity contribution < 1.29 is 52.7 Å². The van der Waals surface area contributed by atoms with Crippen molar-refractivity contribution in [3.8, 4) is 0 Å². The van der Waals surface area contributed by atoms with Crippen molar-refractivity contribution in [1.82, 2.24) is 9.88 Å². The number of hydrogen-bond acceptors (Lipinski definition) is 7. The molecule has 2 aromatic rings. The molecule has 0 N–H and O–H groups in total. The number of aliphatic carboxylic acids is 1. The first kappa shape index (κ1) is 20.0. The van der Waals surface area contributed by atoms with Gasteiger partial charge in [-0.1, -0.05) is 12.1 Å². The molecule has 4 heterocycles. The summed E-state index contributed by atoms with van der Waals surface area (Å²) in [6, 6.07) is 8.33. The number of carbonyl (C=O) groups excluding carboxylic acids is 2. The average molecular weight is 410 g/mol. The van der Waals surface area contributed by atoms with Gasteiger partial charge < -0.3 is 9.90 Å². The van der Waals surface area contributed by atoms with E-state index >= 15 is 0 Å². The van der Waals surface area contributed by atoms with E-state index in [1.54, 1.807) is 35.7 Å². The van der Waals surface area contributed by atoms with E-state index < -0.39 is 32.8 Å². The zero-order valence-corrected chi connectivity index (χ0v) is 17.8. The Kier molecular flexibility index (Phi) is 5.42. The van der Waals surface area contributed by atoms with Crippen molar-refractivity contribution in [2.45, 2.75) is 5.37 Å². The Morgan fingerprint density at radius 3 is 2.67 bits per heavy atom. The van der Waals surface area contributed by atoms with Gasteiger partial charge in [0.05, 0.1) is 28.7 Å². The standard InChI is InChI=1S/C17H12N2O5S2.Na/c20-15-11(8-10-4-1-2-6-18-10)16-19(15)14(17(21)22)12(9-26(16,23)24)13-5-3-7-25-13;/h1-8,16H,9H2,(H,21,22);/q;+1/p-1/t16-;/m0./s1. The molecular formula is C17H11N2NaO5S2. The molecule has 0 aromatic carbocycles. The number of rotatable bonds is 3. The summed E-state index contributed by atoms with van der Waals surface area (Å²) in [4.78, 5) is 29.6. The molecule has 1 fully saturated rings. The second-order valence-electron chi connectivity index (χ2n) is 5.78. The van der Waals surface area contributed by atoms with E-state index in [0.29, 0.717) is 10.6 Å². The molecule has 0 unspecified atom stereocenters. The van der Waals surface area contributed by atoms with Crippen LogP contribution in [-0.4, -0.2) is 41.3 Å². The molecule has 1 saturated heterocycles. The van der Waals surface area contributed by atoms with Gasteiger partial charge in [0.1, 0.15) is 0 Å². The van der Waals surface area contributed by atoms with E-state index in [0.717, 1.165) is 4.90 Å². The number of aromatic nitrogens is 1. The summed E-state index contributed by atoms with van der Waals surface area (Å²) in [5, 5.41) is 12.1. The fourth-order valence-corrected chi connectivity index (χ4v) is 5.90. The minimum atomic E-state index is -3.80. The summed E-state index contributed by atoms with van der Waals surface area (Å²) in [5.74, 6) is -2.71. The molecule has 2 aliphatic heterocycles. The third-order valence-electron chi connectivity index (χ3n) is 4.18. The number of β-lactam (4-membered cyclic amide) rings is 1. The van der Waals surface area contributed by atoms with Crippen LogP contribution in [0, 0.1) is 0 Å². The van der Waals surface area contributed by atoms with Gasteiger partial charge in [-0.05, 0) is 29.7 Å². The van der Waals surface area contributed by atoms with Gasteiger partial charge in [-0.25, -0.2) is 8.42 Å². The number of carbonyl (C=O) groups is 2. The number of hydrogen-bond donors (Lipinski definition) is 0. The van der Waals surface area contributed by atoms with Crippen LogP contribution in [-0.2, 0) is 19.4 Å². The predicted octanol–water partition coefficient (Wildman–Crippen LogP) is -2.71. The molecule has 1 atom stereocenters. The smallest absolute Gasteiger partial charge is 0.543 e. The maximum absolute atomic E-state index is 12.8. The molecule has 2 aromatic heterocycles. The zero-order chi connectivity index (χ0) is 18.5. The van der Waals surface area contributed by atoms with Crippen molar-refractivity contribution in [2.75, 3.05) is 5.75 Å². The number of sulfone groups is 1. The molecule has 132 valence electrons. The first-order chi connectivity index (χ1) is 12.4. The minimum Gasteiger partial charge on any atom is -0.543 e. The summed E-state index contributed by atoms with van der Waals surface area (Å²) in [5.41, 5.74) is 0.137. The molecule has 4 rings (SSSR count). The Bertz CT molecular complexity index is 1080. The summed E-state index contributed by atoms with van der Waals surface area (Å²) in [6.07, 6.45) is 2.90. The van der Waals surface area contributed by atoms with E-state index in [1.807, 2.05) is 0 Å². The van der Waals surface area contributed by atoms with Crippen LogP contribution >= 0.6 is 11.3 Å². The normalized spacial score (nSPS) is 22.1. The van der Waals surface area contributed by atoms with Crippen LogP contribution in [0.25, 0.3) is 11.6 Å². The van der Waals surface area contributed by atoms with E-state index in [2.05, 4.69) is 4.98 Å². The third-order valence-corrected chi connectivity index (χ3v) is 6.95. The maximum atomic E-state index is 12.8. The fourth-order valence-electron chi connectivity index (χ4n) is 3.10. The first-order valence-corrected chi connectivity index (χ1v) is 10.2. The molecule has 0 radical (unpaired) electrons. The molecule has 1 amide bonds. The van der Waals surface area contributed by atoms with Crippen molar-refractivity contribution in [3.05, 3.63) is 63.7 Å². The van der Waals surface area contributed by atoms with Crippen LogP contribution in [0.2, 0.25) is 0 Å². The molecule has 27 heavy (non-hydrogen) atoms. The quantitative estimate of drug-likeness (QED) is 0.309.